The first-order valence-corrected chi connectivity index (χ1v) is 6.46. The highest BCUT2D eigenvalue weighted by Crippen LogP contribution is 2.24. The van der Waals surface area contributed by atoms with Gasteiger partial charge in [-0.1, -0.05) is 0 Å². The van der Waals surface area contributed by atoms with Crippen molar-refractivity contribution in [1.82, 2.24) is 4.98 Å². The first kappa shape index (κ1) is 13.0. The molecule has 1 aliphatic heterocycles. The summed E-state index contributed by atoms with van der Waals surface area (Å²) < 4.78 is 11.1. The van der Waals surface area contributed by atoms with Gasteiger partial charge in [0.05, 0.1) is 18.4 Å². The summed E-state index contributed by atoms with van der Waals surface area (Å²) in [7, 11) is 0. The van der Waals surface area contributed by atoms with E-state index in [1.54, 1.807) is 0 Å². The second-order valence-electron chi connectivity index (χ2n) is 4.48. The molecule has 2 N–H and O–H groups in total. The Balaban J connectivity index is 2.18. The SMILES string of the molecule is CCOc1nc(N2CCCOC(C)C2)ccc1N. The van der Waals surface area contributed by atoms with Crippen LogP contribution in [-0.4, -0.2) is 37.4 Å². The molecule has 0 amide bonds. The van der Waals surface area contributed by atoms with Gasteiger partial charge in [0.1, 0.15) is 5.82 Å². The lowest BCUT2D eigenvalue weighted by molar-refractivity contribution is 0.0820. The zero-order valence-corrected chi connectivity index (χ0v) is 11.1. The molecule has 1 fully saturated rings. The Kier molecular flexibility index (Phi) is 4.25. The molecule has 2 heterocycles. The summed E-state index contributed by atoms with van der Waals surface area (Å²) in [6.07, 6.45) is 1.24. The number of pyridine rings is 1. The maximum atomic E-state index is 5.83. The highest BCUT2D eigenvalue weighted by Gasteiger charge is 2.17. The second-order valence-corrected chi connectivity index (χ2v) is 4.48. The van der Waals surface area contributed by atoms with E-state index in [-0.39, 0.29) is 6.10 Å². The van der Waals surface area contributed by atoms with E-state index in [0.717, 1.165) is 31.9 Å². The van der Waals surface area contributed by atoms with Crippen LogP contribution in [0, 0.1) is 0 Å². The van der Waals surface area contributed by atoms with Crippen molar-refractivity contribution in [2.45, 2.75) is 26.4 Å². The number of hydrogen-bond donors (Lipinski definition) is 1. The summed E-state index contributed by atoms with van der Waals surface area (Å²) in [5.74, 6) is 1.43. The molecular formula is C13H21N3O2. The van der Waals surface area contributed by atoms with Gasteiger partial charge in [0.15, 0.2) is 0 Å². The molecule has 1 saturated heterocycles. The monoisotopic (exact) mass is 251 g/mol. The fraction of sp³-hybridized carbons (Fsp3) is 0.615. The van der Waals surface area contributed by atoms with E-state index in [0.29, 0.717) is 18.2 Å². The quantitative estimate of drug-likeness (QED) is 0.885. The van der Waals surface area contributed by atoms with E-state index in [4.69, 9.17) is 15.2 Å². The summed E-state index contributed by atoms with van der Waals surface area (Å²) in [5.41, 5.74) is 6.42. The van der Waals surface area contributed by atoms with Crippen molar-refractivity contribution in [2.75, 3.05) is 36.9 Å². The predicted molar refractivity (Wildman–Crippen MR) is 72.1 cm³/mol. The van der Waals surface area contributed by atoms with E-state index < -0.39 is 0 Å². The molecule has 0 radical (unpaired) electrons. The van der Waals surface area contributed by atoms with Gasteiger partial charge in [0.25, 0.3) is 0 Å². The molecule has 0 spiro atoms. The highest BCUT2D eigenvalue weighted by molar-refractivity contribution is 5.54. The molecule has 18 heavy (non-hydrogen) atoms. The topological polar surface area (TPSA) is 60.6 Å². The van der Waals surface area contributed by atoms with Gasteiger partial charge < -0.3 is 20.1 Å². The molecule has 0 aliphatic carbocycles. The smallest absolute Gasteiger partial charge is 0.239 e. The molecule has 0 aromatic carbocycles. The number of nitrogens with zero attached hydrogens (tertiary/aromatic N) is 2. The van der Waals surface area contributed by atoms with Gasteiger partial charge in [-0.15, -0.1) is 0 Å². The average molecular weight is 251 g/mol. The van der Waals surface area contributed by atoms with Crippen LogP contribution in [0.15, 0.2) is 12.1 Å². The minimum absolute atomic E-state index is 0.224. The summed E-state index contributed by atoms with van der Waals surface area (Å²) >= 11 is 0. The summed E-state index contributed by atoms with van der Waals surface area (Å²) in [4.78, 5) is 6.71. The summed E-state index contributed by atoms with van der Waals surface area (Å²) in [5, 5.41) is 0. The maximum absolute atomic E-state index is 5.83. The van der Waals surface area contributed by atoms with Gasteiger partial charge in [-0.25, -0.2) is 0 Å². The highest BCUT2D eigenvalue weighted by atomic mass is 16.5. The number of nitrogens with two attached hydrogens (primary N) is 1. The van der Waals surface area contributed by atoms with Crippen molar-refractivity contribution in [3.8, 4) is 5.88 Å². The standard InChI is InChI=1S/C13H21N3O2/c1-3-17-13-11(14)5-6-12(15-13)16-7-4-8-18-10(2)9-16/h5-6,10H,3-4,7-9,14H2,1-2H3. The summed E-state index contributed by atoms with van der Waals surface area (Å²) in [6.45, 7) is 7.19. The van der Waals surface area contributed by atoms with Gasteiger partial charge in [-0.05, 0) is 32.4 Å². The van der Waals surface area contributed by atoms with Crippen LogP contribution >= 0.6 is 0 Å². The Bertz CT molecular complexity index is 398. The van der Waals surface area contributed by atoms with Crippen LogP contribution in [0.25, 0.3) is 0 Å². The van der Waals surface area contributed by atoms with Crippen LogP contribution in [0.2, 0.25) is 0 Å². The van der Waals surface area contributed by atoms with E-state index in [9.17, 15) is 0 Å². The Hall–Kier alpha value is -1.49. The largest absolute Gasteiger partial charge is 0.476 e. The number of hydrogen-bond acceptors (Lipinski definition) is 5. The molecule has 0 saturated carbocycles. The number of rotatable bonds is 3. The zero-order chi connectivity index (χ0) is 13.0. The van der Waals surface area contributed by atoms with Crippen molar-refractivity contribution in [2.24, 2.45) is 0 Å². The van der Waals surface area contributed by atoms with Crippen LogP contribution in [0.4, 0.5) is 11.5 Å². The molecular weight excluding hydrogens is 230 g/mol. The van der Waals surface area contributed by atoms with E-state index >= 15 is 0 Å². The van der Waals surface area contributed by atoms with Crippen molar-refractivity contribution in [3.63, 3.8) is 0 Å². The molecule has 1 atom stereocenters. The molecule has 0 bridgehead atoms. The lowest BCUT2D eigenvalue weighted by atomic mass is 10.3. The fourth-order valence-electron chi connectivity index (χ4n) is 2.07. The van der Waals surface area contributed by atoms with E-state index in [1.807, 2.05) is 19.1 Å². The third-order valence-electron chi connectivity index (χ3n) is 2.93. The second kappa shape index (κ2) is 5.91. The summed E-state index contributed by atoms with van der Waals surface area (Å²) in [6, 6.07) is 3.79. The maximum Gasteiger partial charge on any atom is 0.239 e. The third-order valence-corrected chi connectivity index (χ3v) is 2.93. The van der Waals surface area contributed by atoms with Crippen molar-refractivity contribution >= 4 is 11.5 Å². The van der Waals surface area contributed by atoms with Gasteiger partial charge in [-0.2, -0.15) is 4.98 Å². The van der Waals surface area contributed by atoms with Crippen LogP contribution in [0.5, 0.6) is 5.88 Å². The van der Waals surface area contributed by atoms with Crippen molar-refractivity contribution in [1.29, 1.82) is 0 Å². The van der Waals surface area contributed by atoms with Crippen LogP contribution in [0.1, 0.15) is 20.3 Å². The van der Waals surface area contributed by atoms with Gasteiger partial charge in [-0.3, -0.25) is 0 Å². The molecule has 1 aliphatic rings. The Morgan fingerprint density at radius 1 is 1.56 bits per heavy atom. The van der Waals surface area contributed by atoms with Crippen LogP contribution in [0.3, 0.4) is 0 Å². The van der Waals surface area contributed by atoms with Crippen molar-refractivity contribution < 1.29 is 9.47 Å². The van der Waals surface area contributed by atoms with Gasteiger partial charge in [0.2, 0.25) is 5.88 Å². The zero-order valence-electron chi connectivity index (χ0n) is 11.1. The predicted octanol–water partition coefficient (Wildman–Crippen LogP) is 1.68. The molecule has 1 aromatic rings. The normalized spacial score (nSPS) is 20.6. The van der Waals surface area contributed by atoms with Crippen LogP contribution in [-0.2, 0) is 4.74 Å². The number of anilines is 2. The van der Waals surface area contributed by atoms with Gasteiger partial charge >= 0.3 is 0 Å². The Labute approximate surface area is 108 Å². The molecule has 5 heteroatoms. The first-order chi connectivity index (χ1) is 8.70. The van der Waals surface area contributed by atoms with Crippen LogP contribution < -0.4 is 15.4 Å². The Morgan fingerprint density at radius 2 is 2.39 bits per heavy atom. The van der Waals surface area contributed by atoms with Crippen molar-refractivity contribution in [3.05, 3.63) is 12.1 Å². The number of nitrogen functional groups attached to an aromatic ring is 1. The van der Waals surface area contributed by atoms with Gasteiger partial charge in [0, 0.05) is 19.7 Å². The first-order valence-electron chi connectivity index (χ1n) is 6.46. The number of ether oxygens (including phenoxy) is 2. The molecule has 2 rings (SSSR count). The minimum Gasteiger partial charge on any atom is -0.476 e. The fourth-order valence-corrected chi connectivity index (χ4v) is 2.07. The number of aromatic nitrogens is 1. The lowest BCUT2D eigenvalue weighted by Gasteiger charge is -2.23. The molecule has 100 valence electrons. The average Bonchev–Trinajstić information content (AvgIpc) is 2.57. The van der Waals surface area contributed by atoms with E-state index in [2.05, 4.69) is 16.8 Å². The molecule has 1 aromatic heterocycles. The Morgan fingerprint density at radius 3 is 3.17 bits per heavy atom. The minimum atomic E-state index is 0.224. The van der Waals surface area contributed by atoms with E-state index in [1.165, 1.54) is 0 Å². The third kappa shape index (κ3) is 3.04. The molecule has 5 nitrogen and oxygen atoms in total. The molecule has 1 unspecified atom stereocenters. The lowest BCUT2D eigenvalue weighted by Crippen LogP contribution is -2.30.